The summed E-state index contributed by atoms with van der Waals surface area (Å²) < 4.78 is 11.3. The molecule has 0 saturated carbocycles. The average molecular weight is 952 g/mol. The van der Waals surface area contributed by atoms with E-state index >= 15 is 0 Å². The van der Waals surface area contributed by atoms with Crippen LogP contribution in [0.5, 0.6) is 28.7 Å². The summed E-state index contributed by atoms with van der Waals surface area (Å²) in [6, 6.07) is 21.0. The molecule has 5 aromatic carbocycles. The summed E-state index contributed by atoms with van der Waals surface area (Å²) in [5.41, 5.74) is 11.6. The number of carboxylic acid groups (broad SMARTS) is 1. The number of nitrogens with two attached hydrogens (primary N) is 2. The van der Waals surface area contributed by atoms with E-state index in [1.165, 1.54) is 66.7 Å². The van der Waals surface area contributed by atoms with Gasteiger partial charge in [-0.1, -0.05) is 12.1 Å². The Kier molecular flexibility index (Phi) is 18.6. The fraction of sp³-hybridized carbons (Fsp3) is 0.229. The molecule has 5 aromatic rings. The Hall–Kier alpha value is -8.69. The third kappa shape index (κ3) is 14.9. The molecule has 3 unspecified atom stereocenters. The highest BCUT2D eigenvalue weighted by molar-refractivity contribution is 6.10. The van der Waals surface area contributed by atoms with E-state index in [0.29, 0.717) is 17.8 Å². The van der Waals surface area contributed by atoms with Gasteiger partial charge in [-0.3, -0.25) is 28.8 Å². The van der Waals surface area contributed by atoms with Gasteiger partial charge in [0, 0.05) is 28.5 Å². The Bertz CT molecular complexity index is 2660. The third-order valence-corrected chi connectivity index (χ3v) is 9.40. The van der Waals surface area contributed by atoms with Crippen molar-refractivity contribution in [3.05, 3.63) is 125 Å². The van der Waals surface area contributed by atoms with Gasteiger partial charge in [-0.15, -0.1) is 0 Å². The Morgan fingerprint density at radius 2 is 1.10 bits per heavy atom. The van der Waals surface area contributed by atoms with E-state index in [4.69, 9.17) is 26.0 Å². The van der Waals surface area contributed by atoms with Crippen LogP contribution in [0.1, 0.15) is 81.6 Å². The number of nitrogens with one attached hydrogen (secondary N) is 5. The van der Waals surface area contributed by atoms with Crippen molar-refractivity contribution in [2.45, 2.75) is 71.4 Å². The van der Waals surface area contributed by atoms with Crippen LogP contribution >= 0.6 is 0 Å². The molecular weight excluding hydrogens is 899 g/mol. The van der Waals surface area contributed by atoms with Crippen LogP contribution in [-0.4, -0.2) is 97.8 Å². The highest BCUT2D eigenvalue weighted by Crippen LogP contribution is 2.41. The zero-order valence-corrected chi connectivity index (χ0v) is 38.0. The molecule has 0 radical (unpaired) electrons. The first kappa shape index (κ1) is 52.9. The van der Waals surface area contributed by atoms with Gasteiger partial charge in [0.2, 0.25) is 18.2 Å². The van der Waals surface area contributed by atoms with Gasteiger partial charge in [0.05, 0.1) is 29.1 Å². The molecule has 0 aliphatic heterocycles. The van der Waals surface area contributed by atoms with Gasteiger partial charge in [0.25, 0.3) is 17.7 Å². The number of hydrogen-bond acceptors (Lipinski definition) is 14. The van der Waals surface area contributed by atoms with Gasteiger partial charge in [-0.25, -0.2) is 4.79 Å². The van der Waals surface area contributed by atoms with Crippen LogP contribution in [0.15, 0.2) is 97.1 Å². The molecule has 364 valence electrons. The van der Waals surface area contributed by atoms with Gasteiger partial charge in [0.15, 0.2) is 29.1 Å². The lowest BCUT2D eigenvalue weighted by atomic mass is 10.1. The molecule has 5 rings (SSSR count). The number of rotatable bonds is 19. The van der Waals surface area contributed by atoms with E-state index < -0.39 is 76.9 Å². The van der Waals surface area contributed by atoms with Crippen LogP contribution in [0.2, 0.25) is 0 Å². The number of carbonyl (C=O) groups is 7. The van der Waals surface area contributed by atoms with E-state index in [0.717, 1.165) is 18.1 Å². The molecule has 14 N–H and O–H groups in total. The summed E-state index contributed by atoms with van der Waals surface area (Å²) in [5.74, 6) is -7.85. The van der Waals surface area contributed by atoms with Gasteiger partial charge in [-0.05, 0) is 132 Å². The smallest absolute Gasteiger partial charge is 0.339 e. The topological polar surface area (TPSA) is 351 Å². The number of anilines is 4. The van der Waals surface area contributed by atoms with E-state index in [1.807, 2.05) is 19.1 Å². The summed E-state index contributed by atoms with van der Waals surface area (Å²) in [7, 11) is 0. The van der Waals surface area contributed by atoms with E-state index in [1.54, 1.807) is 39.8 Å². The van der Waals surface area contributed by atoms with Crippen molar-refractivity contribution >= 4 is 64.7 Å². The molecule has 0 bridgehead atoms. The Labute approximate surface area is 395 Å². The molecule has 0 aliphatic rings. The minimum Gasteiger partial charge on any atom is -0.508 e. The molecule has 6 amide bonds. The van der Waals surface area contributed by atoms with E-state index in [2.05, 4.69) is 26.6 Å². The van der Waals surface area contributed by atoms with Gasteiger partial charge in [-0.2, -0.15) is 0 Å². The molecule has 0 heterocycles. The zero-order valence-electron chi connectivity index (χ0n) is 38.0. The summed E-state index contributed by atoms with van der Waals surface area (Å²) in [5, 5.41) is 62.6. The number of ether oxygens (including phenoxy) is 2. The number of aliphatic hydroxyl groups excluding tert-OH is 1. The largest absolute Gasteiger partial charge is 0.508 e. The standard InChI is InChI=1S/C39H40N6O13.C9H13NO/c1-18(2)57-32-26(15-13-24(29(32)47)37(53)44-27-16-14-25(39(55)56)30(48)33(27)58-19(3)4)43-35(51)20-7-11-23(12-8-20)42-38(54)28(31(49)34(40)50)45-36(52)21-5-9-22(10-6-21)41-17-46;1-7(10)6-8-2-4-9(11)5-3-8/h5-19,28,31,47-49H,1-4H3,(H2,40,50)(H,41,46)(H,42,54)(H,43,51)(H,44,53)(H,45,52)(H,55,56);2-5,7,11H,6,10H2,1H3. The molecule has 0 saturated heterocycles. The predicted molar refractivity (Wildman–Crippen MR) is 254 cm³/mol. The van der Waals surface area contributed by atoms with Crippen molar-refractivity contribution in [2.24, 2.45) is 11.5 Å². The van der Waals surface area contributed by atoms with Crippen LogP contribution in [0.3, 0.4) is 0 Å². The normalized spacial score (nSPS) is 12.0. The second-order valence-electron chi connectivity index (χ2n) is 15.8. The second kappa shape index (κ2) is 24.2. The number of amides is 6. The summed E-state index contributed by atoms with van der Waals surface area (Å²) in [6.45, 7) is 8.49. The number of primary amides is 1. The number of carbonyl (C=O) groups excluding carboxylic acids is 6. The summed E-state index contributed by atoms with van der Waals surface area (Å²) in [6.07, 6.45) is -1.91. The quantitative estimate of drug-likeness (QED) is 0.0513. The highest BCUT2D eigenvalue weighted by atomic mass is 16.5. The number of aliphatic hydroxyl groups is 1. The van der Waals surface area contributed by atoms with Crippen LogP contribution in [0.4, 0.5) is 22.7 Å². The van der Waals surface area contributed by atoms with Crippen molar-refractivity contribution in [1.29, 1.82) is 0 Å². The lowest BCUT2D eigenvalue weighted by Crippen LogP contribution is -2.55. The minimum absolute atomic E-state index is 0.0335. The fourth-order valence-electron chi connectivity index (χ4n) is 6.18. The Morgan fingerprint density at radius 1 is 0.623 bits per heavy atom. The zero-order chi connectivity index (χ0) is 51.1. The van der Waals surface area contributed by atoms with Gasteiger partial charge >= 0.3 is 5.97 Å². The SMILES string of the molecule is CC(C)Oc1c(NC(=O)c2ccc(NC(=O)c3ccc(NC(=O)C(NC(=O)c4ccc(NC=O)cc4)C(O)C(N)=O)cc3)c(OC(C)C)c2O)ccc(C(=O)O)c1O.CC(N)Cc1ccc(O)cc1. The average Bonchev–Trinajstić information content (AvgIpc) is 3.28. The molecule has 69 heavy (non-hydrogen) atoms. The first-order chi connectivity index (χ1) is 32.6. The first-order valence-electron chi connectivity index (χ1n) is 21.0. The van der Waals surface area contributed by atoms with E-state index in [9.17, 15) is 54.0 Å². The third-order valence-electron chi connectivity index (χ3n) is 9.40. The molecular formula is C48H53N7O14. The molecule has 3 atom stereocenters. The molecule has 21 heteroatoms. The maximum atomic E-state index is 13.4. The van der Waals surface area contributed by atoms with E-state index in [-0.39, 0.29) is 51.3 Å². The summed E-state index contributed by atoms with van der Waals surface area (Å²) in [4.78, 5) is 86.7. The lowest BCUT2D eigenvalue weighted by molar-refractivity contribution is -0.132. The number of phenolic OH excluding ortho intramolecular Hbond substituents is 2. The van der Waals surface area contributed by atoms with Crippen molar-refractivity contribution in [3.8, 4) is 28.7 Å². The van der Waals surface area contributed by atoms with Crippen LogP contribution in [0, 0.1) is 0 Å². The fourth-order valence-corrected chi connectivity index (χ4v) is 6.18. The number of carboxylic acids is 1. The molecule has 0 aliphatic carbocycles. The number of aromatic carboxylic acids is 1. The minimum atomic E-state index is -2.13. The highest BCUT2D eigenvalue weighted by Gasteiger charge is 2.33. The Morgan fingerprint density at radius 3 is 1.58 bits per heavy atom. The van der Waals surface area contributed by atoms with Gasteiger partial charge in [0.1, 0.15) is 17.4 Å². The van der Waals surface area contributed by atoms with Crippen molar-refractivity contribution in [2.75, 3.05) is 21.3 Å². The van der Waals surface area contributed by atoms with Crippen LogP contribution in [-0.2, 0) is 20.8 Å². The van der Waals surface area contributed by atoms with Crippen LogP contribution in [0.25, 0.3) is 0 Å². The molecule has 0 fully saturated rings. The molecule has 21 nitrogen and oxygen atoms in total. The number of hydrogen-bond donors (Lipinski definition) is 12. The number of aromatic hydroxyl groups is 3. The maximum absolute atomic E-state index is 13.4. The van der Waals surface area contributed by atoms with Crippen molar-refractivity contribution < 1.29 is 68.6 Å². The Balaban J connectivity index is 0.000000826. The lowest BCUT2D eigenvalue weighted by Gasteiger charge is -2.21. The predicted octanol–water partition coefficient (Wildman–Crippen LogP) is 4.31. The first-order valence-corrected chi connectivity index (χ1v) is 21.0. The second-order valence-corrected chi connectivity index (χ2v) is 15.8. The summed E-state index contributed by atoms with van der Waals surface area (Å²) >= 11 is 0. The van der Waals surface area contributed by atoms with Crippen molar-refractivity contribution in [1.82, 2.24) is 5.32 Å². The molecule has 0 spiro atoms. The number of benzene rings is 5. The van der Waals surface area contributed by atoms with Gasteiger partial charge < -0.3 is 73.1 Å². The number of phenols is 3. The molecule has 0 aromatic heterocycles. The van der Waals surface area contributed by atoms with Crippen molar-refractivity contribution in [3.63, 3.8) is 0 Å². The maximum Gasteiger partial charge on any atom is 0.339 e. The monoisotopic (exact) mass is 951 g/mol. The van der Waals surface area contributed by atoms with Crippen LogP contribution < -0.4 is 47.5 Å².